The molecule has 0 atom stereocenters. The Kier molecular flexibility index (Phi) is 7.19. The van der Waals surface area contributed by atoms with E-state index in [2.05, 4.69) is 26.3 Å². The van der Waals surface area contributed by atoms with Crippen LogP contribution >= 0.6 is 0 Å². The first-order chi connectivity index (χ1) is 24.2. The summed E-state index contributed by atoms with van der Waals surface area (Å²) >= 11 is 0. The van der Waals surface area contributed by atoms with E-state index in [0.717, 1.165) is 78.3 Å². The summed E-state index contributed by atoms with van der Waals surface area (Å²) in [5.74, 6) is -3.03. The Balaban J connectivity index is 1.40. The fourth-order valence-electron chi connectivity index (χ4n) is 6.62. The van der Waals surface area contributed by atoms with Crippen LogP contribution in [0.5, 0.6) is 0 Å². The summed E-state index contributed by atoms with van der Waals surface area (Å²) in [6.45, 7) is 0. The van der Waals surface area contributed by atoms with Crippen LogP contribution in [0.2, 0.25) is 0 Å². The van der Waals surface area contributed by atoms with E-state index in [4.69, 9.17) is 0 Å². The minimum Gasteiger partial charge on any atom is -0.478 e. The van der Waals surface area contributed by atoms with Gasteiger partial charge in [0.15, 0.2) is 0 Å². The van der Waals surface area contributed by atoms with Gasteiger partial charge in [0, 0.05) is 56.6 Å². The van der Waals surface area contributed by atoms with Crippen molar-refractivity contribution in [2.45, 2.75) is 6.42 Å². The zero-order chi connectivity index (χ0) is 34.5. The molecule has 10 heteroatoms. The van der Waals surface area contributed by atoms with Crippen molar-refractivity contribution in [2.24, 2.45) is 0 Å². The Bertz CT molecular complexity index is 2540. The average Bonchev–Trinajstić information content (AvgIpc) is 3.95. The van der Waals surface area contributed by atoms with E-state index in [1.807, 2.05) is 36.4 Å². The number of carboxylic acid groups (broad SMARTS) is 3. The Morgan fingerprint density at radius 3 is 1.32 bits per heavy atom. The summed E-state index contributed by atoms with van der Waals surface area (Å²) in [5, 5.41) is 33.9. The van der Waals surface area contributed by atoms with E-state index in [9.17, 15) is 29.7 Å². The molecule has 5 heterocycles. The number of hydrogen-bond donors (Lipinski definition) is 7. The van der Waals surface area contributed by atoms with Crippen LogP contribution in [-0.4, -0.2) is 48.2 Å². The average molecular weight is 661 g/mol. The van der Waals surface area contributed by atoms with Gasteiger partial charge in [0.05, 0.1) is 28.1 Å². The SMILES string of the molecule is O=C(O)c1ccc(C2=C3CC=C(N3)C(c3ccc(C(=O)O)cc3)=c3ccc([nH]3)=C(c3ccc(C(=O)O)cc3)c3ccc([nH]3)-c3ccc2[nH]3)cc1. The van der Waals surface area contributed by atoms with E-state index in [1.54, 1.807) is 72.8 Å². The van der Waals surface area contributed by atoms with E-state index < -0.39 is 17.9 Å². The van der Waals surface area contributed by atoms with Gasteiger partial charge in [-0.3, -0.25) is 0 Å². The zero-order valence-corrected chi connectivity index (χ0v) is 26.2. The molecule has 2 aliphatic rings. The molecule has 244 valence electrons. The Morgan fingerprint density at radius 1 is 0.440 bits per heavy atom. The second-order valence-corrected chi connectivity index (χ2v) is 12.1. The monoisotopic (exact) mass is 660 g/mol. The molecule has 50 heavy (non-hydrogen) atoms. The lowest BCUT2D eigenvalue weighted by atomic mass is 9.98. The maximum atomic E-state index is 11.7. The first-order valence-corrected chi connectivity index (χ1v) is 15.8. The number of rotatable bonds is 6. The molecule has 3 aromatic heterocycles. The van der Waals surface area contributed by atoms with Crippen molar-refractivity contribution < 1.29 is 29.7 Å². The summed E-state index contributed by atoms with van der Waals surface area (Å²) in [7, 11) is 0. The van der Waals surface area contributed by atoms with Crippen molar-refractivity contribution in [1.29, 1.82) is 0 Å². The Morgan fingerprint density at radius 2 is 0.840 bits per heavy atom. The molecule has 8 rings (SSSR count). The highest BCUT2D eigenvalue weighted by molar-refractivity contribution is 5.92. The van der Waals surface area contributed by atoms with Gasteiger partial charge in [-0.25, -0.2) is 14.4 Å². The summed E-state index contributed by atoms with van der Waals surface area (Å²) in [6, 6.07) is 32.1. The number of allylic oxidation sites excluding steroid dienone is 2. The van der Waals surface area contributed by atoms with Gasteiger partial charge in [-0.05, 0) is 89.5 Å². The predicted octanol–water partition coefficient (Wildman–Crippen LogP) is 5.53. The van der Waals surface area contributed by atoms with Gasteiger partial charge in [-0.2, -0.15) is 0 Å². The normalized spacial score (nSPS) is 13.7. The molecular formula is C40H28N4O6. The highest BCUT2D eigenvalue weighted by atomic mass is 16.4. The minimum atomic E-state index is -1.02. The largest absolute Gasteiger partial charge is 0.478 e. The smallest absolute Gasteiger partial charge is 0.335 e. The van der Waals surface area contributed by atoms with Crippen molar-refractivity contribution in [2.75, 3.05) is 0 Å². The van der Waals surface area contributed by atoms with E-state index in [1.165, 1.54) is 0 Å². The zero-order valence-electron chi connectivity index (χ0n) is 26.2. The molecule has 0 spiro atoms. The standard InChI is InChI=1S/C40H28N4O6/c45-38(46)24-7-1-21(2-8-24)35-29-15-13-27(41-29)28-14-16-30(42-28)36(22-3-9-25(10-4-22)39(47)48)32-18-20-34(44-32)37(33-19-17-31(35)43-33)23-5-11-26(12-6-23)40(49)50/h1-17,19-20,41-44H,18H2,(H,45,46)(H,47,48)(H,49,50). The van der Waals surface area contributed by atoms with Gasteiger partial charge in [-0.15, -0.1) is 0 Å². The third-order valence-electron chi connectivity index (χ3n) is 9.05. The maximum Gasteiger partial charge on any atom is 0.335 e. The summed E-state index contributed by atoms with van der Waals surface area (Å²) < 4.78 is 0. The van der Waals surface area contributed by atoms with Crippen molar-refractivity contribution >= 4 is 34.6 Å². The summed E-state index contributed by atoms with van der Waals surface area (Å²) in [6.07, 6.45) is 2.63. The van der Waals surface area contributed by atoms with Crippen molar-refractivity contribution in [1.82, 2.24) is 20.3 Å². The van der Waals surface area contributed by atoms with Gasteiger partial charge < -0.3 is 35.6 Å². The van der Waals surface area contributed by atoms with Gasteiger partial charge in [0.25, 0.3) is 0 Å². The highest BCUT2D eigenvalue weighted by Crippen LogP contribution is 2.35. The molecule has 0 unspecified atom stereocenters. The molecular weight excluding hydrogens is 632 g/mol. The topological polar surface area (TPSA) is 171 Å². The molecule has 0 radical (unpaired) electrons. The third kappa shape index (κ3) is 5.30. The lowest BCUT2D eigenvalue weighted by molar-refractivity contribution is 0.0686. The second-order valence-electron chi connectivity index (χ2n) is 12.1. The number of aromatic carboxylic acids is 3. The summed E-state index contributed by atoms with van der Waals surface area (Å²) in [4.78, 5) is 45.7. The van der Waals surface area contributed by atoms with Crippen LogP contribution in [0.25, 0.3) is 28.1 Å². The van der Waals surface area contributed by atoms with E-state index >= 15 is 0 Å². The summed E-state index contributed by atoms with van der Waals surface area (Å²) in [5.41, 5.74) is 10.5. The molecule has 3 aromatic carbocycles. The lowest BCUT2D eigenvalue weighted by Crippen LogP contribution is -2.21. The van der Waals surface area contributed by atoms with Crippen molar-refractivity contribution in [3.63, 3.8) is 0 Å². The fraction of sp³-hybridized carbons (Fsp3) is 0.0250. The van der Waals surface area contributed by atoms with Gasteiger partial charge in [-0.1, -0.05) is 42.5 Å². The first-order valence-electron chi connectivity index (χ1n) is 15.8. The van der Waals surface area contributed by atoms with Gasteiger partial charge in [0.1, 0.15) is 0 Å². The number of aromatic nitrogens is 3. The Labute approximate surface area is 284 Å². The number of hydrogen-bond acceptors (Lipinski definition) is 4. The Hall–Kier alpha value is -7.07. The lowest BCUT2D eigenvalue weighted by Gasteiger charge is -2.15. The molecule has 0 amide bonds. The number of carboxylic acids is 3. The number of carbonyl (C=O) groups is 3. The minimum absolute atomic E-state index is 0.172. The van der Waals surface area contributed by atoms with Crippen molar-refractivity contribution in [3.05, 3.63) is 182 Å². The molecule has 0 fully saturated rings. The fourth-order valence-corrected chi connectivity index (χ4v) is 6.62. The molecule has 6 aromatic rings. The van der Waals surface area contributed by atoms with E-state index in [0.29, 0.717) is 6.42 Å². The quantitative estimate of drug-likeness (QED) is 0.123. The van der Waals surface area contributed by atoms with E-state index in [-0.39, 0.29) is 16.7 Å². The third-order valence-corrected chi connectivity index (χ3v) is 9.05. The molecule has 0 saturated carbocycles. The van der Waals surface area contributed by atoms with Crippen LogP contribution in [0.1, 0.15) is 65.6 Å². The highest BCUT2D eigenvalue weighted by Gasteiger charge is 2.23. The number of nitrogens with one attached hydrogen (secondary N) is 4. The molecule has 0 saturated heterocycles. The predicted molar refractivity (Wildman–Crippen MR) is 187 cm³/mol. The van der Waals surface area contributed by atoms with Gasteiger partial charge in [0.2, 0.25) is 0 Å². The molecule has 10 nitrogen and oxygen atoms in total. The van der Waals surface area contributed by atoms with Crippen LogP contribution in [0.4, 0.5) is 0 Å². The number of benzene rings is 3. The van der Waals surface area contributed by atoms with Crippen LogP contribution in [-0.2, 0) is 0 Å². The number of H-pyrrole nitrogens is 3. The van der Waals surface area contributed by atoms with Crippen LogP contribution < -0.4 is 16.0 Å². The molecule has 8 bridgehead atoms. The van der Waals surface area contributed by atoms with Crippen LogP contribution in [0.3, 0.4) is 0 Å². The molecule has 2 aliphatic heterocycles. The first kappa shape index (κ1) is 30.3. The van der Waals surface area contributed by atoms with Crippen molar-refractivity contribution in [3.8, 4) is 11.4 Å². The number of aromatic amines is 3. The number of fused-ring (bicyclic) bond motifs is 9. The molecule has 7 N–H and O–H groups in total. The maximum absolute atomic E-state index is 11.7. The second kappa shape index (κ2) is 11.9. The van der Waals surface area contributed by atoms with Crippen LogP contribution in [0, 0.1) is 0 Å². The molecule has 0 aliphatic carbocycles. The van der Waals surface area contributed by atoms with Crippen LogP contribution in [0.15, 0.2) is 127 Å². The van der Waals surface area contributed by atoms with Gasteiger partial charge >= 0.3 is 17.9 Å².